The molecule has 1 aromatic heterocycles. The zero-order valence-electron chi connectivity index (χ0n) is 12.4. The second-order valence-electron chi connectivity index (χ2n) is 5.36. The standard InChI is InChI=1S/C14H24N4OS/c1-3-5-11-6-9-18(10-7-11)13(19)12-16-17-14(20-12)15-8-4-2/h11H,3-10H2,1-2H3,(H,15,17). The molecule has 1 aromatic rings. The molecule has 20 heavy (non-hydrogen) atoms. The number of hydrogen-bond acceptors (Lipinski definition) is 5. The fraction of sp³-hybridized carbons (Fsp3) is 0.786. The summed E-state index contributed by atoms with van der Waals surface area (Å²) in [4.78, 5) is 14.3. The fourth-order valence-corrected chi connectivity index (χ4v) is 3.32. The Morgan fingerprint density at radius 3 is 2.70 bits per heavy atom. The van der Waals surface area contributed by atoms with Crippen LogP contribution >= 0.6 is 11.3 Å². The van der Waals surface area contributed by atoms with E-state index in [1.54, 1.807) is 0 Å². The number of hydrogen-bond donors (Lipinski definition) is 1. The lowest BCUT2D eigenvalue weighted by atomic mass is 9.92. The van der Waals surface area contributed by atoms with Crippen LogP contribution < -0.4 is 5.32 Å². The first kappa shape index (κ1) is 15.2. The summed E-state index contributed by atoms with van der Waals surface area (Å²) >= 11 is 1.36. The van der Waals surface area contributed by atoms with Gasteiger partial charge in [-0.2, -0.15) is 0 Å². The molecule has 0 spiro atoms. The summed E-state index contributed by atoms with van der Waals surface area (Å²) in [7, 11) is 0. The SMILES string of the molecule is CCCNc1nnc(C(=O)N2CCC(CCC)CC2)s1. The molecule has 0 radical (unpaired) electrons. The average Bonchev–Trinajstić information content (AvgIpc) is 2.94. The Labute approximate surface area is 124 Å². The molecule has 0 aliphatic carbocycles. The zero-order chi connectivity index (χ0) is 14.4. The van der Waals surface area contributed by atoms with Crippen molar-refractivity contribution < 1.29 is 4.79 Å². The number of piperidine rings is 1. The molecule has 0 aromatic carbocycles. The van der Waals surface area contributed by atoms with Crippen LogP contribution in [-0.2, 0) is 0 Å². The van der Waals surface area contributed by atoms with Crippen LogP contribution in [-0.4, -0.2) is 40.6 Å². The van der Waals surface area contributed by atoms with Gasteiger partial charge in [0.2, 0.25) is 10.1 Å². The number of rotatable bonds is 6. The van der Waals surface area contributed by atoms with Crippen molar-refractivity contribution in [3.63, 3.8) is 0 Å². The minimum Gasteiger partial charge on any atom is -0.360 e. The van der Waals surface area contributed by atoms with Crippen LogP contribution in [0.25, 0.3) is 0 Å². The molecular formula is C14H24N4OS. The van der Waals surface area contributed by atoms with E-state index >= 15 is 0 Å². The Kier molecular flexibility index (Phi) is 5.76. The molecule has 5 nitrogen and oxygen atoms in total. The topological polar surface area (TPSA) is 58.1 Å². The third-order valence-electron chi connectivity index (χ3n) is 3.73. The van der Waals surface area contributed by atoms with Crippen LogP contribution in [0, 0.1) is 5.92 Å². The van der Waals surface area contributed by atoms with Crippen LogP contribution in [0.4, 0.5) is 5.13 Å². The minimum atomic E-state index is 0.0435. The van der Waals surface area contributed by atoms with E-state index in [9.17, 15) is 4.79 Å². The average molecular weight is 296 g/mol. The molecule has 1 fully saturated rings. The summed E-state index contributed by atoms with van der Waals surface area (Å²) in [5, 5.41) is 12.5. The Hall–Kier alpha value is -1.17. The van der Waals surface area contributed by atoms with Gasteiger partial charge in [-0.1, -0.05) is 38.0 Å². The van der Waals surface area contributed by atoms with E-state index in [2.05, 4.69) is 29.4 Å². The number of carbonyl (C=O) groups is 1. The van der Waals surface area contributed by atoms with E-state index < -0.39 is 0 Å². The number of anilines is 1. The molecule has 1 aliphatic heterocycles. The molecular weight excluding hydrogens is 272 g/mol. The van der Waals surface area contributed by atoms with Gasteiger partial charge in [-0.25, -0.2) is 0 Å². The van der Waals surface area contributed by atoms with E-state index in [1.807, 2.05) is 4.90 Å². The van der Waals surface area contributed by atoms with Gasteiger partial charge in [-0.3, -0.25) is 4.79 Å². The van der Waals surface area contributed by atoms with Gasteiger partial charge >= 0.3 is 0 Å². The smallest absolute Gasteiger partial charge is 0.284 e. The number of nitrogens with one attached hydrogen (secondary N) is 1. The van der Waals surface area contributed by atoms with Crippen molar-refractivity contribution in [2.24, 2.45) is 5.92 Å². The monoisotopic (exact) mass is 296 g/mol. The van der Waals surface area contributed by atoms with Crippen LogP contribution in [0.2, 0.25) is 0 Å². The van der Waals surface area contributed by atoms with Crippen LogP contribution in [0.3, 0.4) is 0 Å². The van der Waals surface area contributed by atoms with Crippen molar-refractivity contribution in [1.82, 2.24) is 15.1 Å². The van der Waals surface area contributed by atoms with Gasteiger partial charge in [0.05, 0.1) is 0 Å². The maximum atomic E-state index is 12.4. The van der Waals surface area contributed by atoms with E-state index in [-0.39, 0.29) is 5.91 Å². The first-order chi connectivity index (χ1) is 9.74. The van der Waals surface area contributed by atoms with E-state index in [1.165, 1.54) is 24.2 Å². The molecule has 0 atom stereocenters. The van der Waals surface area contributed by atoms with Crippen molar-refractivity contribution >= 4 is 22.4 Å². The predicted octanol–water partition coefficient (Wildman–Crippen LogP) is 3.01. The van der Waals surface area contributed by atoms with Gasteiger partial charge in [0.25, 0.3) is 5.91 Å². The largest absolute Gasteiger partial charge is 0.360 e. The van der Waals surface area contributed by atoms with Crippen molar-refractivity contribution in [3.8, 4) is 0 Å². The summed E-state index contributed by atoms with van der Waals surface area (Å²) in [6, 6.07) is 0. The van der Waals surface area contributed by atoms with Gasteiger partial charge in [0, 0.05) is 19.6 Å². The Morgan fingerprint density at radius 1 is 1.30 bits per heavy atom. The van der Waals surface area contributed by atoms with E-state index in [0.717, 1.165) is 49.9 Å². The lowest BCUT2D eigenvalue weighted by Gasteiger charge is -2.31. The Balaban J connectivity index is 1.87. The molecule has 1 aliphatic rings. The molecule has 0 bridgehead atoms. The number of nitrogens with zero attached hydrogens (tertiary/aromatic N) is 3. The molecule has 2 rings (SSSR count). The van der Waals surface area contributed by atoms with E-state index in [4.69, 9.17) is 0 Å². The molecule has 0 unspecified atom stereocenters. The number of aromatic nitrogens is 2. The number of amides is 1. The third kappa shape index (κ3) is 3.91. The van der Waals surface area contributed by atoms with Gasteiger partial charge in [-0.05, 0) is 25.2 Å². The summed E-state index contributed by atoms with van der Waals surface area (Å²) in [5.74, 6) is 0.835. The highest BCUT2D eigenvalue weighted by Gasteiger charge is 2.25. The maximum absolute atomic E-state index is 12.4. The maximum Gasteiger partial charge on any atom is 0.284 e. The molecule has 1 amide bonds. The highest BCUT2D eigenvalue weighted by atomic mass is 32.1. The zero-order valence-corrected chi connectivity index (χ0v) is 13.2. The predicted molar refractivity (Wildman–Crippen MR) is 82.2 cm³/mol. The quantitative estimate of drug-likeness (QED) is 0.876. The summed E-state index contributed by atoms with van der Waals surface area (Å²) in [6.45, 7) is 6.91. The fourth-order valence-electron chi connectivity index (χ4n) is 2.58. The molecule has 2 heterocycles. The van der Waals surface area contributed by atoms with Crippen LogP contribution in [0.5, 0.6) is 0 Å². The van der Waals surface area contributed by atoms with Crippen molar-refractivity contribution in [2.45, 2.75) is 46.0 Å². The molecule has 1 saturated heterocycles. The van der Waals surface area contributed by atoms with Crippen molar-refractivity contribution in [3.05, 3.63) is 5.01 Å². The van der Waals surface area contributed by atoms with Crippen molar-refractivity contribution in [1.29, 1.82) is 0 Å². The van der Waals surface area contributed by atoms with Crippen LogP contribution in [0.15, 0.2) is 0 Å². The molecule has 6 heteroatoms. The first-order valence-corrected chi connectivity index (χ1v) is 8.42. The normalized spacial score (nSPS) is 16.4. The second kappa shape index (κ2) is 7.57. The highest BCUT2D eigenvalue weighted by Crippen LogP contribution is 2.24. The number of carbonyl (C=O) groups excluding carboxylic acids is 1. The van der Waals surface area contributed by atoms with Gasteiger partial charge in [0.1, 0.15) is 0 Å². The minimum absolute atomic E-state index is 0.0435. The molecule has 0 saturated carbocycles. The number of likely N-dealkylation sites (tertiary alicyclic amines) is 1. The van der Waals surface area contributed by atoms with Crippen molar-refractivity contribution in [2.75, 3.05) is 25.0 Å². The second-order valence-corrected chi connectivity index (χ2v) is 6.34. The molecule has 1 N–H and O–H groups in total. The first-order valence-electron chi connectivity index (χ1n) is 7.61. The Morgan fingerprint density at radius 2 is 2.05 bits per heavy atom. The summed E-state index contributed by atoms with van der Waals surface area (Å²) in [6.07, 6.45) is 5.81. The van der Waals surface area contributed by atoms with Crippen LogP contribution in [0.1, 0.15) is 55.8 Å². The lowest BCUT2D eigenvalue weighted by Crippen LogP contribution is -2.38. The molecule has 112 valence electrons. The van der Waals surface area contributed by atoms with Gasteiger partial charge < -0.3 is 10.2 Å². The van der Waals surface area contributed by atoms with Gasteiger partial charge in [-0.15, -0.1) is 10.2 Å². The highest BCUT2D eigenvalue weighted by molar-refractivity contribution is 7.17. The Bertz CT molecular complexity index is 427. The summed E-state index contributed by atoms with van der Waals surface area (Å²) in [5.41, 5.74) is 0. The lowest BCUT2D eigenvalue weighted by molar-refractivity contribution is 0.0685. The summed E-state index contributed by atoms with van der Waals surface area (Å²) < 4.78 is 0. The van der Waals surface area contributed by atoms with E-state index in [0.29, 0.717) is 5.01 Å². The third-order valence-corrected chi connectivity index (χ3v) is 4.60. The van der Waals surface area contributed by atoms with Gasteiger partial charge in [0.15, 0.2) is 0 Å².